The lowest BCUT2D eigenvalue weighted by Crippen LogP contribution is -2.38. The Kier molecular flexibility index (Phi) is 6.64. The number of carbonyl (C=O) groups excluding carboxylic acids is 1. The molecule has 0 unspecified atom stereocenters. The van der Waals surface area contributed by atoms with E-state index < -0.39 is 0 Å². The average Bonchev–Trinajstić information content (AvgIpc) is 2.59. The van der Waals surface area contributed by atoms with Gasteiger partial charge >= 0.3 is 0 Å². The molecule has 24 heavy (non-hydrogen) atoms. The Balaban J connectivity index is 0.00000208. The lowest BCUT2D eigenvalue weighted by molar-refractivity contribution is -0.123. The summed E-state index contributed by atoms with van der Waals surface area (Å²) >= 11 is 0. The van der Waals surface area contributed by atoms with Gasteiger partial charge < -0.3 is 15.4 Å². The number of hydrogen-bond donors (Lipinski definition) is 1. The van der Waals surface area contributed by atoms with Gasteiger partial charge in [-0.15, -0.1) is 12.4 Å². The lowest BCUT2D eigenvalue weighted by atomic mass is 10.00. The Labute approximate surface area is 149 Å². The van der Waals surface area contributed by atoms with E-state index in [1.54, 1.807) is 4.90 Å². The number of nitrogens with two attached hydrogens (primary N) is 1. The van der Waals surface area contributed by atoms with Crippen molar-refractivity contribution in [1.82, 2.24) is 0 Å². The van der Waals surface area contributed by atoms with Crippen LogP contribution in [-0.2, 0) is 22.4 Å². The van der Waals surface area contributed by atoms with Gasteiger partial charge in [0.2, 0.25) is 0 Å². The predicted molar refractivity (Wildman–Crippen MR) is 99.7 cm³/mol. The van der Waals surface area contributed by atoms with Crippen LogP contribution in [0, 0.1) is 0 Å². The maximum absolute atomic E-state index is 12.4. The molecule has 1 aliphatic rings. The fourth-order valence-corrected chi connectivity index (χ4v) is 2.98. The highest BCUT2D eigenvalue weighted by Gasteiger charge is 2.23. The number of rotatable bonds is 5. The third-order valence-electron chi connectivity index (χ3n) is 4.19. The summed E-state index contributed by atoms with van der Waals surface area (Å²) < 4.78 is 5.58. The van der Waals surface area contributed by atoms with Crippen molar-refractivity contribution < 1.29 is 9.53 Å². The number of ether oxygens (including phenoxy) is 1. The number of nitrogens with zero attached hydrogens (tertiary/aromatic N) is 1. The Bertz CT molecular complexity index is 676. The van der Waals surface area contributed by atoms with Gasteiger partial charge in [0.1, 0.15) is 6.61 Å². The van der Waals surface area contributed by atoms with Crippen molar-refractivity contribution >= 4 is 29.7 Å². The van der Waals surface area contributed by atoms with Gasteiger partial charge in [-0.05, 0) is 42.5 Å². The summed E-state index contributed by atoms with van der Waals surface area (Å²) in [4.78, 5) is 14.2. The first-order valence-corrected chi connectivity index (χ1v) is 8.05. The average molecular weight is 347 g/mol. The molecular formula is C19H23ClN2O2. The summed E-state index contributed by atoms with van der Waals surface area (Å²) in [6, 6.07) is 15.9. The molecule has 0 radical (unpaired) electrons. The van der Waals surface area contributed by atoms with Crippen molar-refractivity contribution in [1.29, 1.82) is 0 Å². The lowest BCUT2D eigenvalue weighted by Gasteiger charge is -2.30. The van der Waals surface area contributed by atoms with E-state index >= 15 is 0 Å². The number of fused-ring (bicyclic) bond motifs is 1. The maximum Gasteiger partial charge on any atom is 0.252 e. The topological polar surface area (TPSA) is 55.6 Å². The summed E-state index contributed by atoms with van der Waals surface area (Å²) in [5, 5.41) is 0. The highest BCUT2D eigenvalue weighted by Crippen LogP contribution is 2.31. The van der Waals surface area contributed by atoms with Crippen LogP contribution in [0.2, 0.25) is 0 Å². The molecule has 2 N–H and O–H groups in total. The van der Waals surface area contributed by atoms with Gasteiger partial charge in [-0.2, -0.15) is 0 Å². The standard InChI is InChI=1S/C19H22N2O2.ClH/c20-17-9-4-10-18-16(17)8-5-12-21(18)19(22)14-23-13-11-15-6-2-1-3-7-15;/h1-4,6-7,9-10H,5,8,11-14,20H2;1H. The van der Waals surface area contributed by atoms with Crippen molar-refractivity contribution in [3.63, 3.8) is 0 Å². The van der Waals surface area contributed by atoms with E-state index in [4.69, 9.17) is 10.5 Å². The highest BCUT2D eigenvalue weighted by molar-refractivity contribution is 5.96. The molecule has 0 atom stereocenters. The largest absolute Gasteiger partial charge is 0.398 e. The number of anilines is 2. The Morgan fingerprint density at radius 2 is 1.92 bits per heavy atom. The zero-order valence-corrected chi connectivity index (χ0v) is 14.4. The smallest absolute Gasteiger partial charge is 0.252 e. The number of carbonyl (C=O) groups is 1. The van der Waals surface area contributed by atoms with Crippen molar-refractivity contribution in [2.24, 2.45) is 0 Å². The van der Waals surface area contributed by atoms with E-state index in [-0.39, 0.29) is 24.9 Å². The van der Waals surface area contributed by atoms with Crippen LogP contribution >= 0.6 is 12.4 Å². The van der Waals surface area contributed by atoms with E-state index in [0.717, 1.165) is 42.7 Å². The number of nitrogen functional groups attached to an aromatic ring is 1. The van der Waals surface area contributed by atoms with Crippen molar-refractivity contribution in [3.8, 4) is 0 Å². The zero-order valence-electron chi connectivity index (χ0n) is 13.6. The minimum absolute atomic E-state index is 0. The van der Waals surface area contributed by atoms with Crippen LogP contribution in [0.25, 0.3) is 0 Å². The molecule has 5 heteroatoms. The summed E-state index contributed by atoms with van der Waals surface area (Å²) in [6.07, 6.45) is 2.69. The van der Waals surface area contributed by atoms with Gasteiger partial charge in [-0.3, -0.25) is 4.79 Å². The van der Waals surface area contributed by atoms with E-state index in [9.17, 15) is 4.79 Å². The SMILES string of the molecule is Cl.Nc1cccc2c1CCCN2C(=O)COCCc1ccccc1. The van der Waals surface area contributed by atoms with Crippen molar-refractivity contribution in [2.45, 2.75) is 19.3 Å². The molecule has 0 saturated heterocycles. The van der Waals surface area contributed by atoms with Crippen LogP contribution in [0.15, 0.2) is 48.5 Å². The van der Waals surface area contributed by atoms with Gasteiger partial charge in [0.05, 0.1) is 6.61 Å². The molecule has 0 aromatic heterocycles. The van der Waals surface area contributed by atoms with Crippen molar-refractivity contribution in [3.05, 3.63) is 59.7 Å². The second-order valence-electron chi connectivity index (χ2n) is 5.78. The Hall–Kier alpha value is -2.04. The summed E-state index contributed by atoms with van der Waals surface area (Å²) in [7, 11) is 0. The normalized spacial score (nSPS) is 13.1. The summed E-state index contributed by atoms with van der Waals surface area (Å²) in [5.74, 6) is 0.00427. The molecule has 1 heterocycles. The summed E-state index contributed by atoms with van der Waals surface area (Å²) in [5.41, 5.74) is 10.0. The molecule has 0 aliphatic carbocycles. The minimum Gasteiger partial charge on any atom is -0.398 e. The molecular weight excluding hydrogens is 324 g/mol. The van der Waals surface area contributed by atoms with Crippen LogP contribution in [0.5, 0.6) is 0 Å². The molecule has 0 spiro atoms. The second-order valence-corrected chi connectivity index (χ2v) is 5.78. The van der Waals surface area contributed by atoms with E-state index in [0.29, 0.717) is 6.61 Å². The van der Waals surface area contributed by atoms with E-state index in [1.807, 2.05) is 36.4 Å². The molecule has 128 valence electrons. The first kappa shape index (κ1) is 18.3. The zero-order chi connectivity index (χ0) is 16.1. The molecule has 4 nitrogen and oxygen atoms in total. The van der Waals surface area contributed by atoms with Gasteiger partial charge in [-0.25, -0.2) is 0 Å². The van der Waals surface area contributed by atoms with Gasteiger partial charge in [0.15, 0.2) is 0 Å². The molecule has 1 aliphatic heterocycles. The number of hydrogen-bond acceptors (Lipinski definition) is 3. The molecule has 2 aromatic rings. The maximum atomic E-state index is 12.4. The predicted octanol–water partition coefficient (Wildman–Crippen LogP) is 3.23. The van der Waals surface area contributed by atoms with Crippen LogP contribution in [-0.4, -0.2) is 25.7 Å². The molecule has 0 fully saturated rings. The number of amides is 1. The second kappa shape index (κ2) is 8.71. The number of halogens is 1. The first-order valence-electron chi connectivity index (χ1n) is 8.05. The van der Waals surface area contributed by atoms with Crippen LogP contribution < -0.4 is 10.6 Å². The quantitative estimate of drug-likeness (QED) is 0.668. The van der Waals surface area contributed by atoms with Crippen molar-refractivity contribution in [2.75, 3.05) is 30.4 Å². The monoisotopic (exact) mass is 346 g/mol. The Morgan fingerprint density at radius 3 is 2.71 bits per heavy atom. The third-order valence-corrected chi connectivity index (χ3v) is 4.19. The molecule has 2 aromatic carbocycles. The van der Waals surface area contributed by atoms with Gasteiger partial charge in [-0.1, -0.05) is 36.4 Å². The molecule has 0 saturated carbocycles. The van der Waals surface area contributed by atoms with Gasteiger partial charge in [0.25, 0.3) is 5.91 Å². The Morgan fingerprint density at radius 1 is 1.12 bits per heavy atom. The van der Waals surface area contributed by atoms with Crippen LogP contribution in [0.4, 0.5) is 11.4 Å². The molecule has 3 rings (SSSR count). The minimum atomic E-state index is 0. The first-order chi connectivity index (χ1) is 11.3. The van der Waals surface area contributed by atoms with Gasteiger partial charge in [0, 0.05) is 17.9 Å². The fraction of sp³-hybridized carbons (Fsp3) is 0.316. The van der Waals surface area contributed by atoms with E-state index in [1.165, 1.54) is 5.56 Å². The fourth-order valence-electron chi connectivity index (χ4n) is 2.98. The molecule has 1 amide bonds. The molecule has 0 bridgehead atoms. The van der Waals surface area contributed by atoms with E-state index in [2.05, 4.69) is 12.1 Å². The van der Waals surface area contributed by atoms with Crippen LogP contribution in [0.1, 0.15) is 17.5 Å². The van der Waals surface area contributed by atoms with Crippen LogP contribution in [0.3, 0.4) is 0 Å². The summed E-state index contributed by atoms with van der Waals surface area (Å²) in [6.45, 7) is 1.39. The third kappa shape index (κ3) is 4.28. The highest BCUT2D eigenvalue weighted by atomic mass is 35.5. The number of benzene rings is 2.